The molecule has 0 heterocycles. The van der Waals surface area contributed by atoms with E-state index in [0.29, 0.717) is 0 Å². The average Bonchev–Trinajstić information content (AvgIpc) is 2.67. The summed E-state index contributed by atoms with van der Waals surface area (Å²) in [6.45, 7) is 4.88. The molecule has 2 rings (SSSR count). The van der Waals surface area contributed by atoms with Crippen LogP contribution in [-0.4, -0.2) is 53.0 Å². The van der Waals surface area contributed by atoms with Crippen LogP contribution >= 0.6 is 0 Å². The van der Waals surface area contributed by atoms with E-state index in [-0.39, 0.29) is 28.9 Å². The molecule has 0 unspecified atom stereocenters. The van der Waals surface area contributed by atoms with Crippen LogP contribution in [0.5, 0.6) is 5.75 Å². The van der Waals surface area contributed by atoms with E-state index in [9.17, 15) is 21.6 Å². The van der Waals surface area contributed by atoms with Gasteiger partial charge in [-0.2, -0.15) is 4.31 Å². The van der Waals surface area contributed by atoms with E-state index in [1.54, 1.807) is 26.0 Å². The molecular formula is C21H29N3O6S2. The van der Waals surface area contributed by atoms with E-state index in [2.05, 4.69) is 10.0 Å². The number of anilines is 1. The van der Waals surface area contributed by atoms with E-state index >= 15 is 0 Å². The zero-order valence-corrected chi connectivity index (χ0v) is 20.4. The van der Waals surface area contributed by atoms with Gasteiger partial charge in [-0.25, -0.2) is 21.6 Å². The first kappa shape index (κ1) is 25.8. The van der Waals surface area contributed by atoms with Gasteiger partial charge in [0.2, 0.25) is 26.0 Å². The molecule has 0 aliphatic carbocycles. The molecule has 0 radical (unpaired) electrons. The third-order valence-corrected chi connectivity index (χ3v) is 7.27. The Bertz CT molecular complexity index is 1160. The number of benzene rings is 2. The maximum atomic E-state index is 12.7. The van der Waals surface area contributed by atoms with Crippen molar-refractivity contribution in [1.29, 1.82) is 0 Å². The highest BCUT2D eigenvalue weighted by molar-refractivity contribution is 7.89. The van der Waals surface area contributed by atoms with E-state index in [0.717, 1.165) is 21.7 Å². The molecule has 9 nitrogen and oxygen atoms in total. The highest BCUT2D eigenvalue weighted by Crippen LogP contribution is 2.27. The number of amides is 1. The van der Waals surface area contributed by atoms with Gasteiger partial charge in [-0.1, -0.05) is 29.8 Å². The summed E-state index contributed by atoms with van der Waals surface area (Å²) in [5.74, 6) is -0.390. The fourth-order valence-electron chi connectivity index (χ4n) is 2.87. The fourth-order valence-corrected chi connectivity index (χ4v) is 4.88. The van der Waals surface area contributed by atoms with Crippen LogP contribution in [-0.2, 0) is 31.4 Å². The van der Waals surface area contributed by atoms with Crippen molar-refractivity contribution in [2.45, 2.75) is 38.3 Å². The second-order valence-corrected chi connectivity index (χ2v) is 11.4. The van der Waals surface area contributed by atoms with Gasteiger partial charge < -0.3 is 10.1 Å². The Morgan fingerprint density at radius 2 is 1.69 bits per heavy atom. The van der Waals surface area contributed by atoms with Gasteiger partial charge in [0.1, 0.15) is 5.75 Å². The summed E-state index contributed by atoms with van der Waals surface area (Å²) >= 11 is 0. The normalized spacial score (nSPS) is 12.2. The van der Waals surface area contributed by atoms with Crippen LogP contribution in [0.1, 0.15) is 25.0 Å². The molecule has 0 aliphatic heterocycles. The predicted molar refractivity (Wildman–Crippen MR) is 124 cm³/mol. The summed E-state index contributed by atoms with van der Waals surface area (Å²) in [7, 11) is -6.10. The molecule has 32 heavy (non-hydrogen) atoms. The van der Waals surface area contributed by atoms with Crippen molar-refractivity contribution < 1.29 is 26.4 Å². The number of hydrogen-bond donors (Lipinski definition) is 2. The third-order valence-electron chi connectivity index (χ3n) is 4.41. The van der Waals surface area contributed by atoms with Crippen molar-refractivity contribution in [2.24, 2.45) is 0 Å². The van der Waals surface area contributed by atoms with Gasteiger partial charge in [0, 0.05) is 12.6 Å². The number of ether oxygens (including phenoxy) is 1. The molecule has 1 amide bonds. The smallest absolute Gasteiger partial charge is 0.240 e. The monoisotopic (exact) mass is 483 g/mol. The lowest BCUT2D eigenvalue weighted by molar-refractivity contribution is -0.116. The topological polar surface area (TPSA) is 122 Å². The van der Waals surface area contributed by atoms with Crippen molar-refractivity contribution in [1.82, 2.24) is 9.03 Å². The molecule has 2 N–H and O–H groups in total. The van der Waals surface area contributed by atoms with Gasteiger partial charge in [-0.05, 0) is 44.5 Å². The lowest BCUT2D eigenvalue weighted by Gasteiger charge is -2.20. The van der Waals surface area contributed by atoms with E-state index in [1.165, 1.54) is 25.3 Å². The van der Waals surface area contributed by atoms with Crippen molar-refractivity contribution in [3.8, 4) is 5.75 Å². The van der Waals surface area contributed by atoms with Gasteiger partial charge in [-0.3, -0.25) is 4.79 Å². The minimum absolute atomic E-state index is 0.0242. The molecule has 0 bridgehead atoms. The second-order valence-electron chi connectivity index (χ2n) is 7.70. The van der Waals surface area contributed by atoms with Gasteiger partial charge in [0.25, 0.3) is 0 Å². The summed E-state index contributed by atoms with van der Waals surface area (Å²) in [5, 5.41) is 2.56. The molecule has 0 aliphatic rings. The highest BCUT2D eigenvalue weighted by atomic mass is 32.2. The standard InChI is InChI=1S/C21H29N3O6S2/c1-15(2)23-32(28,29)18-10-11-20(30-4)19(12-18)22-21(25)14-24(31(5,26)27)13-17-8-6-16(3)7-9-17/h6-12,15,23H,13-14H2,1-5H3,(H,22,25). The summed E-state index contributed by atoms with van der Waals surface area (Å²) in [6, 6.07) is 11.0. The molecule has 176 valence electrons. The molecule has 0 spiro atoms. The summed E-state index contributed by atoms with van der Waals surface area (Å²) in [4.78, 5) is 12.6. The lowest BCUT2D eigenvalue weighted by Crippen LogP contribution is -2.37. The maximum Gasteiger partial charge on any atom is 0.240 e. The number of nitrogens with one attached hydrogen (secondary N) is 2. The molecule has 0 saturated heterocycles. The van der Waals surface area contributed by atoms with Gasteiger partial charge >= 0.3 is 0 Å². The molecule has 0 aromatic heterocycles. The zero-order valence-electron chi connectivity index (χ0n) is 18.7. The summed E-state index contributed by atoms with van der Waals surface area (Å²) in [5.41, 5.74) is 1.89. The van der Waals surface area contributed by atoms with Crippen molar-refractivity contribution in [3.05, 3.63) is 53.6 Å². The SMILES string of the molecule is COc1ccc(S(=O)(=O)NC(C)C)cc1NC(=O)CN(Cc1ccc(C)cc1)S(C)(=O)=O. The first-order valence-corrected chi connectivity index (χ1v) is 13.2. The van der Waals surface area contributed by atoms with Crippen molar-refractivity contribution in [2.75, 3.05) is 25.2 Å². The Labute approximate surface area is 189 Å². The number of sulfonamides is 2. The van der Waals surface area contributed by atoms with Crippen LogP contribution in [0, 0.1) is 6.92 Å². The number of aryl methyl sites for hydroxylation is 1. The number of carbonyl (C=O) groups is 1. The Morgan fingerprint density at radius 3 is 2.22 bits per heavy atom. The molecule has 0 atom stereocenters. The lowest BCUT2D eigenvalue weighted by atomic mass is 10.1. The van der Waals surface area contributed by atoms with Crippen LogP contribution in [0.2, 0.25) is 0 Å². The maximum absolute atomic E-state index is 12.7. The number of methoxy groups -OCH3 is 1. The number of rotatable bonds is 10. The van der Waals surface area contributed by atoms with Crippen LogP contribution in [0.15, 0.2) is 47.4 Å². The minimum atomic E-state index is -3.80. The number of carbonyl (C=O) groups excluding carboxylic acids is 1. The van der Waals surface area contributed by atoms with Crippen LogP contribution in [0.3, 0.4) is 0 Å². The quantitative estimate of drug-likeness (QED) is 0.534. The summed E-state index contributed by atoms with van der Waals surface area (Å²) in [6.07, 6.45) is 1.03. The highest BCUT2D eigenvalue weighted by Gasteiger charge is 2.23. The van der Waals surface area contributed by atoms with E-state index in [1.807, 2.05) is 19.1 Å². The minimum Gasteiger partial charge on any atom is -0.495 e. The third kappa shape index (κ3) is 7.30. The Morgan fingerprint density at radius 1 is 1.06 bits per heavy atom. The zero-order chi connectivity index (χ0) is 24.1. The Balaban J connectivity index is 2.25. The predicted octanol–water partition coefficient (Wildman–Crippen LogP) is 2.09. The van der Waals surface area contributed by atoms with Crippen LogP contribution < -0.4 is 14.8 Å². The number of hydrogen-bond acceptors (Lipinski definition) is 6. The summed E-state index contributed by atoms with van der Waals surface area (Å²) < 4.78 is 58.1. The molecule has 11 heteroatoms. The molecular weight excluding hydrogens is 454 g/mol. The Kier molecular flexibility index (Phi) is 8.41. The van der Waals surface area contributed by atoms with Crippen LogP contribution in [0.25, 0.3) is 0 Å². The van der Waals surface area contributed by atoms with Crippen LogP contribution in [0.4, 0.5) is 5.69 Å². The van der Waals surface area contributed by atoms with E-state index < -0.39 is 32.5 Å². The first-order chi connectivity index (χ1) is 14.8. The second kappa shape index (κ2) is 10.4. The molecule has 0 fully saturated rings. The number of nitrogens with zero attached hydrogens (tertiary/aromatic N) is 1. The van der Waals surface area contributed by atoms with Gasteiger partial charge in [-0.15, -0.1) is 0 Å². The average molecular weight is 484 g/mol. The van der Waals surface area contributed by atoms with Gasteiger partial charge in [0.05, 0.1) is 30.5 Å². The van der Waals surface area contributed by atoms with Gasteiger partial charge in [0.15, 0.2) is 0 Å². The van der Waals surface area contributed by atoms with Crippen molar-refractivity contribution >= 4 is 31.6 Å². The largest absolute Gasteiger partial charge is 0.495 e. The van der Waals surface area contributed by atoms with E-state index in [4.69, 9.17) is 4.74 Å². The Hall–Kier alpha value is -2.47. The molecule has 2 aromatic carbocycles. The molecule has 2 aromatic rings. The molecule has 0 saturated carbocycles. The first-order valence-electron chi connectivity index (χ1n) is 9.82. The van der Waals surface area contributed by atoms with Crippen molar-refractivity contribution in [3.63, 3.8) is 0 Å². The fraction of sp³-hybridized carbons (Fsp3) is 0.381.